The van der Waals surface area contributed by atoms with E-state index < -0.39 is 0 Å². The van der Waals surface area contributed by atoms with Gasteiger partial charge in [0.1, 0.15) is 17.2 Å². The van der Waals surface area contributed by atoms with E-state index in [4.69, 9.17) is 0 Å². The second-order valence-electron chi connectivity index (χ2n) is 7.60. The minimum atomic E-state index is -0.333. The van der Waals surface area contributed by atoms with Crippen molar-refractivity contribution >= 4 is 34.4 Å². The summed E-state index contributed by atoms with van der Waals surface area (Å²) in [7, 11) is 0. The molecule has 6 nitrogen and oxygen atoms in total. The van der Waals surface area contributed by atoms with Crippen LogP contribution in [-0.4, -0.2) is 36.9 Å². The van der Waals surface area contributed by atoms with Crippen LogP contribution in [0.5, 0.6) is 0 Å². The molecule has 2 aromatic heterocycles. The number of thioether (sulfide) groups is 1. The van der Waals surface area contributed by atoms with E-state index >= 15 is 0 Å². The lowest BCUT2D eigenvalue weighted by Crippen LogP contribution is -2.40. The second kappa shape index (κ2) is 7.77. The Morgan fingerprint density at radius 2 is 1.94 bits per heavy atom. The van der Waals surface area contributed by atoms with Gasteiger partial charge in [-0.25, -0.2) is 19.0 Å². The first-order chi connectivity index (χ1) is 15.0. The number of hydrogen-bond acceptors (Lipinski definition) is 5. The monoisotopic (exact) mass is 433 g/mol. The molecule has 8 heteroatoms. The summed E-state index contributed by atoms with van der Waals surface area (Å²) in [5.41, 5.74) is 3.51. The van der Waals surface area contributed by atoms with E-state index in [1.54, 1.807) is 23.0 Å². The zero-order chi connectivity index (χ0) is 21.5. The summed E-state index contributed by atoms with van der Waals surface area (Å²) in [6, 6.07) is 14.2. The Morgan fingerprint density at radius 1 is 1.16 bits per heavy atom. The van der Waals surface area contributed by atoms with Crippen molar-refractivity contribution < 1.29 is 9.18 Å². The second-order valence-corrected chi connectivity index (χ2v) is 8.93. The number of fused-ring (bicyclic) bond motifs is 2. The predicted octanol–water partition coefficient (Wildman–Crippen LogP) is 4.41. The Bertz CT molecular complexity index is 1270. The summed E-state index contributed by atoms with van der Waals surface area (Å²) in [6.45, 7) is 3.98. The van der Waals surface area contributed by atoms with E-state index in [-0.39, 0.29) is 23.0 Å². The van der Waals surface area contributed by atoms with Crippen LogP contribution in [0.1, 0.15) is 19.4 Å². The molecule has 5 rings (SSSR count). The normalized spacial score (nSPS) is 16.5. The Balaban J connectivity index is 1.43. The molecule has 0 spiro atoms. The highest BCUT2D eigenvalue weighted by molar-refractivity contribution is 8.00. The average molecular weight is 434 g/mol. The lowest BCUT2D eigenvalue weighted by molar-refractivity contribution is -0.118. The summed E-state index contributed by atoms with van der Waals surface area (Å²) in [5.74, 6) is -0.253. The van der Waals surface area contributed by atoms with Gasteiger partial charge in [0.2, 0.25) is 5.91 Å². The van der Waals surface area contributed by atoms with Crippen LogP contribution >= 0.6 is 11.8 Å². The molecule has 0 saturated carbocycles. The van der Waals surface area contributed by atoms with Gasteiger partial charge in [0.25, 0.3) is 0 Å². The Hall–Kier alpha value is -3.26. The van der Waals surface area contributed by atoms with Crippen LogP contribution in [0, 0.1) is 5.82 Å². The number of carbonyl (C=O) groups excluding carboxylic acids is 1. The standard InChI is InChI=1S/C23H20FN5OS/c1-14-11-16-5-3-4-6-20(16)28(14)23(30)15(2)31-22-19-12-27-29(21(19)25-13-26-22)18-9-7-17(24)8-10-18/h3-10,12-15H,11H2,1-2H3/t14-,15+/m1/s1. The van der Waals surface area contributed by atoms with Crippen molar-refractivity contribution in [2.75, 3.05) is 4.90 Å². The van der Waals surface area contributed by atoms with Crippen molar-refractivity contribution in [3.05, 3.63) is 72.4 Å². The number of aromatic nitrogens is 4. The number of hydrogen-bond donors (Lipinski definition) is 0. The average Bonchev–Trinajstić information content (AvgIpc) is 3.35. The highest BCUT2D eigenvalue weighted by Gasteiger charge is 2.33. The number of anilines is 1. The molecule has 156 valence electrons. The zero-order valence-electron chi connectivity index (χ0n) is 17.1. The summed E-state index contributed by atoms with van der Waals surface area (Å²) < 4.78 is 14.9. The molecule has 2 atom stereocenters. The fourth-order valence-corrected chi connectivity index (χ4v) is 4.93. The lowest BCUT2D eigenvalue weighted by atomic mass is 10.1. The smallest absolute Gasteiger partial charge is 0.240 e. The van der Waals surface area contributed by atoms with Gasteiger partial charge in [-0.05, 0) is 56.2 Å². The molecule has 31 heavy (non-hydrogen) atoms. The Morgan fingerprint density at radius 3 is 2.74 bits per heavy atom. The number of para-hydroxylation sites is 1. The molecule has 3 heterocycles. The molecule has 0 N–H and O–H groups in total. The maximum Gasteiger partial charge on any atom is 0.240 e. The summed E-state index contributed by atoms with van der Waals surface area (Å²) in [5, 5.41) is 5.53. The molecule has 0 saturated heterocycles. The molecule has 0 aliphatic carbocycles. The van der Waals surface area contributed by atoms with Gasteiger partial charge in [-0.2, -0.15) is 5.10 Å². The summed E-state index contributed by atoms with van der Waals surface area (Å²) in [4.78, 5) is 24.0. The number of halogens is 1. The molecule has 0 bridgehead atoms. The number of carbonyl (C=O) groups is 1. The van der Waals surface area contributed by atoms with E-state index in [9.17, 15) is 9.18 Å². The highest BCUT2D eigenvalue weighted by atomic mass is 32.2. The Labute approximate surface area is 183 Å². The SMILES string of the molecule is C[C@H](Sc1ncnc2c1cnn2-c1ccc(F)cc1)C(=O)N1c2ccccc2C[C@H]1C. The van der Waals surface area contributed by atoms with Crippen LogP contribution in [0.4, 0.5) is 10.1 Å². The van der Waals surface area contributed by atoms with Gasteiger partial charge in [-0.15, -0.1) is 0 Å². The molecule has 1 amide bonds. The molecule has 0 fully saturated rings. The first-order valence-corrected chi connectivity index (χ1v) is 10.9. The van der Waals surface area contributed by atoms with Gasteiger partial charge in [0, 0.05) is 11.7 Å². The number of amides is 1. The van der Waals surface area contributed by atoms with E-state index in [2.05, 4.69) is 28.1 Å². The first-order valence-electron chi connectivity index (χ1n) is 10.0. The van der Waals surface area contributed by atoms with Crippen molar-refractivity contribution in [2.24, 2.45) is 0 Å². The number of nitrogens with zero attached hydrogens (tertiary/aromatic N) is 5. The molecular weight excluding hydrogens is 413 g/mol. The van der Waals surface area contributed by atoms with Gasteiger partial charge in [-0.3, -0.25) is 4.79 Å². The minimum absolute atomic E-state index is 0.0557. The van der Waals surface area contributed by atoms with Crippen molar-refractivity contribution in [1.29, 1.82) is 0 Å². The van der Waals surface area contributed by atoms with Gasteiger partial charge in [0.05, 0.1) is 22.5 Å². The van der Waals surface area contributed by atoms with Crippen molar-refractivity contribution in [1.82, 2.24) is 19.7 Å². The molecule has 0 radical (unpaired) electrons. The van der Waals surface area contributed by atoms with E-state index in [0.29, 0.717) is 16.4 Å². The van der Waals surface area contributed by atoms with E-state index in [1.165, 1.54) is 35.8 Å². The maximum atomic E-state index is 13.3. The van der Waals surface area contributed by atoms with Gasteiger partial charge >= 0.3 is 0 Å². The molecule has 1 aliphatic rings. The molecular formula is C23H20FN5OS. The third-order valence-electron chi connectivity index (χ3n) is 5.48. The fraction of sp³-hybridized carbons (Fsp3) is 0.217. The summed E-state index contributed by atoms with van der Waals surface area (Å²) in [6.07, 6.45) is 4.02. The zero-order valence-corrected chi connectivity index (χ0v) is 17.9. The van der Waals surface area contributed by atoms with Gasteiger partial charge in [0.15, 0.2) is 5.65 Å². The number of rotatable bonds is 4. The topological polar surface area (TPSA) is 63.9 Å². The van der Waals surface area contributed by atoms with E-state index in [0.717, 1.165) is 17.5 Å². The van der Waals surface area contributed by atoms with Crippen molar-refractivity contribution in [3.8, 4) is 5.69 Å². The van der Waals surface area contributed by atoms with Crippen LogP contribution < -0.4 is 4.90 Å². The van der Waals surface area contributed by atoms with Gasteiger partial charge in [-0.1, -0.05) is 30.0 Å². The van der Waals surface area contributed by atoms with Gasteiger partial charge < -0.3 is 4.90 Å². The highest BCUT2D eigenvalue weighted by Crippen LogP contribution is 2.35. The van der Waals surface area contributed by atoms with Crippen molar-refractivity contribution in [3.63, 3.8) is 0 Å². The van der Waals surface area contributed by atoms with Crippen LogP contribution in [0.3, 0.4) is 0 Å². The first kappa shape index (κ1) is 19.7. The molecule has 1 aliphatic heterocycles. The fourth-order valence-electron chi connectivity index (χ4n) is 4.00. The third-order valence-corrected chi connectivity index (χ3v) is 6.59. The van der Waals surface area contributed by atoms with Crippen LogP contribution in [0.2, 0.25) is 0 Å². The van der Waals surface area contributed by atoms with E-state index in [1.807, 2.05) is 30.0 Å². The van der Waals surface area contributed by atoms with Crippen LogP contribution in [-0.2, 0) is 11.2 Å². The third kappa shape index (κ3) is 3.46. The summed E-state index contributed by atoms with van der Waals surface area (Å²) >= 11 is 1.40. The van der Waals surface area contributed by atoms with Crippen LogP contribution in [0.25, 0.3) is 16.7 Å². The minimum Gasteiger partial charge on any atom is -0.308 e. The number of benzene rings is 2. The largest absolute Gasteiger partial charge is 0.308 e. The molecule has 2 aromatic carbocycles. The molecule has 4 aromatic rings. The quantitative estimate of drug-likeness (QED) is 0.352. The molecule has 0 unspecified atom stereocenters. The maximum absolute atomic E-state index is 13.3. The predicted molar refractivity (Wildman–Crippen MR) is 119 cm³/mol. The Kier molecular flexibility index (Phi) is 4.94. The van der Waals surface area contributed by atoms with Crippen LogP contribution in [0.15, 0.2) is 66.1 Å². The van der Waals surface area contributed by atoms with Crippen molar-refractivity contribution in [2.45, 2.75) is 36.6 Å². The lowest BCUT2D eigenvalue weighted by Gasteiger charge is -2.25.